The first-order valence-electron chi connectivity index (χ1n) is 5.58. The van der Waals surface area contributed by atoms with Crippen molar-refractivity contribution in [1.82, 2.24) is 4.31 Å². The second-order valence-corrected chi connectivity index (χ2v) is 6.20. The van der Waals surface area contributed by atoms with Crippen LogP contribution in [-0.4, -0.2) is 55.0 Å². The molecule has 1 aliphatic rings. The molecule has 1 unspecified atom stereocenters. The standard InChI is InChI=1S/C10H11N3O6S2/c1-19-11-5-8(14)13(9-3-2-4-20-9)7-6-12(10(7)15)21(16,17)18/h2-5,7H,6H2,1H3,(H,16,17,18). The van der Waals surface area contributed by atoms with Gasteiger partial charge in [0.15, 0.2) is 0 Å². The number of β-lactam (4-membered cyclic amide) rings is 1. The van der Waals surface area contributed by atoms with Gasteiger partial charge in [-0.15, -0.1) is 11.3 Å². The van der Waals surface area contributed by atoms with Crippen molar-refractivity contribution < 1.29 is 27.4 Å². The second-order valence-electron chi connectivity index (χ2n) is 3.94. The number of thiophene rings is 1. The maximum Gasteiger partial charge on any atom is 0.362 e. The predicted octanol–water partition coefficient (Wildman–Crippen LogP) is -0.273. The highest BCUT2D eigenvalue weighted by molar-refractivity contribution is 7.84. The summed E-state index contributed by atoms with van der Waals surface area (Å²) in [6.45, 7) is -0.317. The molecule has 0 spiro atoms. The minimum absolute atomic E-state index is 0.291. The fraction of sp³-hybridized carbons (Fsp3) is 0.300. The summed E-state index contributed by atoms with van der Waals surface area (Å²) in [5.74, 6) is -1.52. The van der Waals surface area contributed by atoms with Crippen LogP contribution in [0.3, 0.4) is 0 Å². The van der Waals surface area contributed by atoms with Crippen LogP contribution >= 0.6 is 11.3 Å². The SMILES string of the molecule is CON=CC(=O)N(c1cccs1)C1CN(S(=O)(=O)O)C1=O. The zero-order valence-electron chi connectivity index (χ0n) is 10.7. The highest BCUT2D eigenvalue weighted by Crippen LogP contribution is 2.29. The lowest BCUT2D eigenvalue weighted by molar-refractivity contribution is -0.137. The molecule has 1 N–H and O–H groups in total. The average molecular weight is 333 g/mol. The van der Waals surface area contributed by atoms with E-state index >= 15 is 0 Å². The topological polar surface area (TPSA) is 117 Å². The van der Waals surface area contributed by atoms with Crippen molar-refractivity contribution in [3.8, 4) is 0 Å². The quantitative estimate of drug-likeness (QED) is 0.343. The molecule has 1 aliphatic heterocycles. The van der Waals surface area contributed by atoms with Crippen molar-refractivity contribution in [3.63, 3.8) is 0 Å². The summed E-state index contributed by atoms with van der Waals surface area (Å²) in [4.78, 5) is 29.4. The third-order valence-corrected chi connectivity index (χ3v) is 4.46. The average Bonchev–Trinajstić information content (AvgIpc) is 2.91. The van der Waals surface area contributed by atoms with E-state index in [-0.39, 0.29) is 6.54 Å². The number of carbonyl (C=O) groups is 2. The van der Waals surface area contributed by atoms with Crippen LogP contribution in [0.15, 0.2) is 22.7 Å². The fourth-order valence-corrected chi connectivity index (χ4v) is 3.22. The first kappa shape index (κ1) is 15.4. The van der Waals surface area contributed by atoms with E-state index in [0.29, 0.717) is 9.31 Å². The molecule has 1 fully saturated rings. The Balaban J connectivity index is 2.25. The normalized spacial score (nSPS) is 18.7. The lowest BCUT2D eigenvalue weighted by Gasteiger charge is -2.40. The number of carbonyl (C=O) groups excluding carboxylic acids is 2. The number of hydrogen-bond acceptors (Lipinski definition) is 7. The summed E-state index contributed by atoms with van der Waals surface area (Å²) in [6, 6.07) is 2.27. The third kappa shape index (κ3) is 3.04. The summed E-state index contributed by atoms with van der Waals surface area (Å²) >= 11 is 1.20. The van der Waals surface area contributed by atoms with Crippen LogP contribution in [0, 0.1) is 0 Å². The van der Waals surface area contributed by atoms with Gasteiger partial charge in [0, 0.05) is 0 Å². The lowest BCUT2D eigenvalue weighted by Crippen LogP contribution is -2.66. The first-order valence-corrected chi connectivity index (χ1v) is 7.86. The molecule has 1 aromatic rings. The molecule has 9 nitrogen and oxygen atoms in total. The van der Waals surface area contributed by atoms with Gasteiger partial charge in [0.05, 0.1) is 11.5 Å². The molecule has 0 saturated carbocycles. The maximum absolute atomic E-state index is 12.1. The number of amides is 2. The summed E-state index contributed by atoms with van der Waals surface area (Å²) in [6.07, 6.45) is 0.878. The molecule has 0 aromatic carbocycles. The Labute approximate surface area is 124 Å². The van der Waals surface area contributed by atoms with Gasteiger partial charge in [0.2, 0.25) is 0 Å². The van der Waals surface area contributed by atoms with E-state index in [1.807, 2.05) is 0 Å². The highest BCUT2D eigenvalue weighted by atomic mass is 32.2. The van der Waals surface area contributed by atoms with Crippen LogP contribution < -0.4 is 4.90 Å². The van der Waals surface area contributed by atoms with Gasteiger partial charge in [0.1, 0.15) is 19.4 Å². The van der Waals surface area contributed by atoms with Crippen LogP contribution in [0.2, 0.25) is 0 Å². The molecule has 0 bridgehead atoms. The zero-order chi connectivity index (χ0) is 15.6. The molecule has 2 amide bonds. The summed E-state index contributed by atoms with van der Waals surface area (Å²) in [5, 5.41) is 5.49. The Hall–Kier alpha value is -1.98. The molecule has 2 rings (SSSR count). The van der Waals surface area contributed by atoms with Crippen molar-refractivity contribution >= 4 is 44.7 Å². The Morgan fingerprint density at radius 1 is 1.67 bits per heavy atom. The van der Waals surface area contributed by atoms with Gasteiger partial charge in [-0.05, 0) is 17.5 Å². The van der Waals surface area contributed by atoms with Crippen molar-refractivity contribution in [1.29, 1.82) is 0 Å². The van der Waals surface area contributed by atoms with Crippen molar-refractivity contribution in [2.75, 3.05) is 18.6 Å². The van der Waals surface area contributed by atoms with E-state index in [1.165, 1.54) is 18.4 Å². The van der Waals surface area contributed by atoms with Gasteiger partial charge in [-0.3, -0.25) is 19.0 Å². The minimum atomic E-state index is -4.60. The number of nitrogens with zero attached hydrogens (tertiary/aromatic N) is 3. The largest absolute Gasteiger partial charge is 0.399 e. The molecule has 114 valence electrons. The molecule has 1 saturated heterocycles. The lowest BCUT2D eigenvalue weighted by atomic mass is 10.1. The predicted molar refractivity (Wildman–Crippen MR) is 74.4 cm³/mol. The van der Waals surface area contributed by atoms with Gasteiger partial charge in [-0.1, -0.05) is 5.16 Å². The zero-order valence-corrected chi connectivity index (χ0v) is 12.4. The molecule has 0 radical (unpaired) electrons. The summed E-state index contributed by atoms with van der Waals surface area (Å²) in [5.41, 5.74) is 0. The second kappa shape index (κ2) is 5.79. The monoisotopic (exact) mass is 333 g/mol. The van der Waals surface area contributed by atoms with Crippen LogP contribution in [0.4, 0.5) is 5.00 Å². The Bertz CT molecular complexity index is 669. The van der Waals surface area contributed by atoms with E-state index in [4.69, 9.17) is 4.55 Å². The fourth-order valence-electron chi connectivity index (χ4n) is 1.76. The minimum Gasteiger partial charge on any atom is -0.399 e. The first-order chi connectivity index (χ1) is 9.86. The maximum atomic E-state index is 12.1. The van der Waals surface area contributed by atoms with E-state index in [2.05, 4.69) is 9.99 Å². The molecule has 0 aliphatic carbocycles. The van der Waals surface area contributed by atoms with Gasteiger partial charge < -0.3 is 4.84 Å². The molecule has 1 atom stereocenters. The van der Waals surface area contributed by atoms with Crippen LogP contribution in [-0.2, 0) is 24.7 Å². The van der Waals surface area contributed by atoms with Crippen LogP contribution in [0.1, 0.15) is 0 Å². The summed E-state index contributed by atoms with van der Waals surface area (Å²) in [7, 11) is -3.34. The number of oxime groups is 1. The number of anilines is 1. The van der Waals surface area contributed by atoms with E-state index < -0.39 is 28.2 Å². The van der Waals surface area contributed by atoms with E-state index in [1.54, 1.807) is 17.5 Å². The Kier molecular flexibility index (Phi) is 4.25. The van der Waals surface area contributed by atoms with Crippen LogP contribution in [0.5, 0.6) is 0 Å². The van der Waals surface area contributed by atoms with Crippen molar-refractivity contribution in [2.45, 2.75) is 6.04 Å². The van der Waals surface area contributed by atoms with E-state index in [9.17, 15) is 18.0 Å². The molecular formula is C10H11N3O6S2. The Morgan fingerprint density at radius 2 is 2.38 bits per heavy atom. The Morgan fingerprint density at radius 3 is 2.86 bits per heavy atom. The molecule has 2 heterocycles. The molecule has 1 aromatic heterocycles. The van der Waals surface area contributed by atoms with Gasteiger partial charge in [-0.2, -0.15) is 8.42 Å². The number of hydrogen-bond donors (Lipinski definition) is 1. The van der Waals surface area contributed by atoms with Crippen molar-refractivity contribution in [2.24, 2.45) is 5.16 Å². The van der Waals surface area contributed by atoms with Gasteiger partial charge in [-0.25, -0.2) is 4.31 Å². The van der Waals surface area contributed by atoms with Crippen LogP contribution in [0.25, 0.3) is 0 Å². The van der Waals surface area contributed by atoms with E-state index in [0.717, 1.165) is 11.1 Å². The van der Waals surface area contributed by atoms with Gasteiger partial charge >= 0.3 is 10.3 Å². The molecular weight excluding hydrogens is 322 g/mol. The number of rotatable bonds is 5. The highest BCUT2D eigenvalue weighted by Gasteiger charge is 2.48. The third-order valence-electron chi connectivity index (χ3n) is 2.71. The smallest absolute Gasteiger partial charge is 0.362 e. The van der Waals surface area contributed by atoms with Gasteiger partial charge in [0.25, 0.3) is 11.8 Å². The van der Waals surface area contributed by atoms with Crippen molar-refractivity contribution in [3.05, 3.63) is 17.5 Å². The molecule has 11 heteroatoms. The summed E-state index contributed by atoms with van der Waals surface area (Å²) < 4.78 is 31.0. The molecule has 21 heavy (non-hydrogen) atoms.